The fraction of sp³-hybridized carbons (Fsp3) is 0.350. The fourth-order valence-electron chi connectivity index (χ4n) is 3.36. The van der Waals surface area contributed by atoms with Crippen molar-refractivity contribution in [2.75, 3.05) is 6.54 Å². The lowest BCUT2D eigenvalue weighted by atomic mass is 10.1. The van der Waals surface area contributed by atoms with Gasteiger partial charge in [0.15, 0.2) is 5.65 Å². The zero-order chi connectivity index (χ0) is 19.1. The van der Waals surface area contributed by atoms with Crippen LogP contribution in [0.4, 0.5) is 0 Å². The molecule has 0 unspecified atom stereocenters. The maximum atomic E-state index is 12.9. The smallest absolute Gasteiger partial charge is 0.252 e. The molecule has 0 aliphatic heterocycles. The van der Waals surface area contributed by atoms with Gasteiger partial charge in [-0.3, -0.25) is 9.48 Å². The van der Waals surface area contributed by atoms with Crippen molar-refractivity contribution in [2.24, 2.45) is 7.05 Å². The minimum absolute atomic E-state index is 0.106. The Morgan fingerprint density at radius 1 is 1.30 bits per heavy atom. The van der Waals surface area contributed by atoms with Gasteiger partial charge < -0.3 is 5.32 Å². The van der Waals surface area contributed by atoms with E-state index in [1.54, 1.807) is 16.8 Å². The molecule has 1 aliphatic carbocycles. The number of amides is 1. The van der Waals surface area contributed by atoms with Gasteiger partial charge in [0.25, 0.3) is 5.91 Å². The Bertz CT molecular complexity index is 1040. The number of nitrogens with zero attached hydrogens (tertiary/aromatic N) is 3. The maximum Gasteiger partial charge on any atom is 0.252 e. The minimum atomic E-state index is -0.106. The molecule has 2 aromatic heterocycles. The van der Waals surface area contributed by atoms with E-state index >= 15 is 0 Å². The Labute approximate surface area is 167 Å². The van der Waals surface area contributed by atoms with E-state index < -0.39 is 0 Å². The zero-order valence-corrected chi connectivity index (χ0v) is 16.7. The SMILES string of the molecule is Cc1nn(C)c2nc(C3CC3)cc(C(=O)NCCc3ccc(Cl)cc3Cl)c12. The highest BCUT2D eigenvalue weighted by Crippen LogP contribution is 2.40. The molecule has 140 valence electrons. The highest BCUT2D eigenvalue weighted by Gasteiger charge is 2.28. The van der Waals surface area contributed by atoms with Crippen LogP contribution in [-0.2, 0) is 13.5 Å². The van der Waals surface area contributed by atoms with Gasteiger partial charge in [0.1, 0.15) is 0 Å². The molecule has 1 fully saturated rings. The molecule has 2 heterocycles. The molecule has 27 heavy (non-hydrogen) atoms. The average molecular weight is 403 g/mol. The molecule has 0 bridgehead atoms. The third-order valence-electron chi connectivity index (χ3n) is 4.92. The monoisotopic (exact) mass is 402 g/mol. The van der Waals surface area contributed by atoms with Gasteiger partial charge in [-0.2, -0.15) is 5.10 Å². The number of fused-ring (bicyclic) bond motifs is 1. The standard InChI is InChI=1S/C20H20Cl2N4O/c1-11-18-15(10-17(13-3-4-13)24-19(18)26(2)25-11)20(27)23-8-7-12-5-6-14(21)9-16(12)22/h5-6,9-10,13H,3-4,7-8H2,1-2H3,(H,23,27). The van der Waals surface area contributed by atoms with Crippen LogP contribution in [0.15, 0.2) is 24.3 Å². The Balaban J connectivity index is 1.56. The van der Waals surface area contributed by atoms with Gasteiger partial charge in [0.2, 0.25) is 0 Å². The summed E-state index contributed by atoms with van der Waals surface area (Å²) in [5.41, 5.74) is 4.17. The molecule has 7 heteroatoms. The van der Waals surface area contributed by atoms with E-state index in [1.165, 1.54) is 0 Å². The number of hydrogen-bond acceptors (Lipinski definition) is 3. The number of carbonyl (C=O) groups is 1. The Hall–Kier alpha value is -2.11. The zero-order valence-electron chi connectivity index (χ0n) is 15.2. The topological polar surface area (TPSA) is 59.8 Å². The van der Waals surface area contributed by atoms with Crippen molar-refractivity contribution in [3.05, 3.63) is 56.8 Å². The van der Waals surface area contributed by atoms with Gasteiger partial charge in [-0.05, 0) is 49.9 Å². The first-order chi connectivity index (χ1) is 12.9. The van der Waals surface area contributed by atoms with E-state index in [0.717, 1.165) is 40.8 Å². The van der Waals surface area contributed by atoms with Crippen molar-refractivity contribution >= 4 is 40.1 Å². The summed E-state index contributed by atoms with van der Waals surface area (Å²) in [5.74, 6) is 0.356. The first-order valence-electron chi connectivity index (χ1n) is 9.00. The molecule has 1 saturated carbocycles. The van der Waals surface area contributed by atoms with E-state index in [0.29, 0.717) is 34.5 Å². The van der Waals surface area contributed by atoms with Crippen molar-refractivity contribution in [3.63, 3.8) is 0 Å². The predicted octanol–water partition coefficient (Wildman–Crippen LogP) is 4.43. The van der Waals surface area contributed by atoms with Gasteiger partial charge in [-0.15, -0.1) is 0 Å². The average Bonchev–Trinajstić information content (AvgIpc) is 3.43. The summed E-state index contributed by atoms with van der Waals surface area (Å²) in [4.78, 5) is 17.7. The van der Waals surface area contributed by atoms with Gasteiger partial charge >= 0.3 is 0 Å². The van der Waals surface area contributed by atoms with Crippen LogP contribution in [0, 0.1) is 6.92 Å². The van der Waals surface area contributed by atoms with E-state index in [4.69, 9.17) is 28.2 Å². The van der Waals surface area contributed by atoms with Crippen LogP contribution < -0.4 is 5.32 Å². The summed E-state index contributed by atoms with van der Waals surface area (Å²) in [7, 11) is 1.86. The molecule has 0 spiro atoms. The number of nitrogens with one attached hydrogen (secondary N) is 1. The van der Waals surface area contributed by atoms with E-state index in [2.05, 4.69) is 10.4 Å². The molecule has 0 atom stereocenters. The molecule has 1 amide bonds. The van der Waals surface area contributed by atoms with Gasteiger partial charge in [-0.1, -0.05) is 29.3 Å². The van der Waals surface area contributed by atoms with Crippen molar-refractivity contribution in [1.82, 2.24) is 20.1 Å². The van der Waals surface area contributed by atoms with Crippen molar-refractivity contribution in [2.45, 2.75) is 32.1 Å². The number of benzene rings is 1. The number of rotatable bonds is 5. The quantitative estimate of drug-likeness (QED) is 0.686. The van der Waals surface area contributed by atoms with Crippen LogP contribution in [0.3, 0.4) is 0 Å². The van der Waals surface area contributed by atoms with E-state index in [9.17, 15) is 4.79 Å². The predicted molar refractivity (Wildman–Crippen MR) is 108 cm³/mol. The molecule has 5 nitrogen and oxygen atoms in total. The van der Waals surface area contributed by atoms with E-state index in [1.807, 2.05) is 26.1 Å². The highest BCUT2D eigenvalue weighted by molar-refractivity contribution is 6.35. The van der Waals surface area contributed by atoms with Crippen molar-refractivity contribution < 1.29 is 4.79 Å². The molecule has 0 saturated heterocycles. The summed E-state index contributed by atoms with van der Waals surface area (Å²) < 4.78 is 1.75. The molecule has 1 aromatic carbocycles. The molecule has 1 N–H and O–H groups in total. The second-order valence-electron chi connectivity index (χ2n) is 7.02. The van der Waals surface area contributed by atoms with Gasteiger partial charge in [0, 0.05) is 35.2 Å². The molecule has 3 aromatic rings. The summed E-state index contributed by atoms with van der Waals surface area (Å²) in [6, 6.07) is 7.34. The van der Waals surface area contributed by atoms with Crippen LogP contribution in [-0.4, -0.2) is 27.2 Å². The third-order valence-corrected chi connectivity index (χ3v) is 5.51. The Kier molecular flexibility index (Phi) is 4.82. The summed E-state index contributed by atoms with van der Waals surface area (Å²) >= 11 is 12.1. The Morgan fingerprint density at radius 3 is 2.78 bits per heavy atom. The van der Waals surface area contributed by atoms with Crippen LogP contribution in [0.25, 0.3) is 11.0 Å². The van der Waals surface area contributed by atoms with Gasteiger partial charge in [0.05, 0.1) is 16.6 Å². The molecular formula is C20H20Cl2N4O. The van der Waals surface area contributed by atoms with Crippen molar-refractivity contribution in [3.8, 4) is 0 Å². The van der Waals surface area contributed by atoms with Crippen LogP contribution >= 0.6 is 23.2 Å². The highest BCUT2D eigenvalue weighted by atomic mass is 35.5. The molecule has 0 radical (unpaired) electrons. The first kappa shape index (κ1) is 18.3. The Morgan fingerprint density at radius 2 is 2.07 bits per heavy atom. The maximum absolute atomic E-state index is 12.9. The summed E-state index contributed by atoms with van der Waals surface area (Å²) in [6.07, 6.45) is 2.90. The summed E-state index contributed by atoms with van der Waals surface area (Å²) in [5, 5.41) is 9.49. The number of aromatic nitrogens is 3. The lowest BCUT2D eigenvalue weighted by Crippen LogP contribution is -2.26. The molecule has 1 aliphatic rings. The normalized spacial score (nSPS) is 13.9. The minimum Gasteiger partial charge on any atom is -0.352 e. The van der Waals surface area contributed by atoms with Gasteiger partial charge in [-0.25, -0.2) is 4.98 Å². The van der Waals surface area contributed by atoms with Crippen LogP contribution in [0.2, 0.25) is 10.0 Å². The number of halogens is 2. The lowest BCUT2D eigenvalue weighted by Gasteiger charge is -2.10. The van der Waals surface area contributed by atoms with Crippen molar-refractivity contribution in [1.29, 1.82) is 0 Å². The fourth-order valence-corrected chi connectivity index (χ4v) is 3.86. The van der Waals surface area contributed by atoms with Crippen LogP contribution in [0.5, 0.6) is 0 Å². The second-order valence-corrected chi connectivity index (χ2v) is 7.86. The number of aryl methyl sites for hydroxylation is 2. The summed E-state index contributed by atoms with van der Waals surface area (Å²) in [6.45, 7) is 2.40. The molecular weight excluding hydrogens is 383 g/mol. The third kappa shape index (κ3) is 3.66. The van der Waals surface area contributed by atoms with Crippen LogP contribution in [0.1, 0.15) is 46.1 Å². The number of pyridine rings is 1. The first-order valence-corrected chi connectivity index (χ1v) is 9.76. The van der Waals surface area contributed by atoms with E-state index in [-0.39, 0.29) is 5.91 Å². The number of hydrogen-bond donors (Lipinski definition) is 1. The second kappa shape index (κ2) is 7.13. The molecule has 4 rings (SSSR count). The number of carbonyl (C=O) groups excluding carboxylic acids is 1. The lowest BCUT2D eigenvalue weighted by molar-refractivity contribution is 0.0955. The largest absolute Gasteiger partial charge is 0.352 e.